The predicted molar refractivity (Wildman–Crippen MR) is 162 cm³/mol. The van der Waals surface area contributed by atoms with Crippen LogP contribution in [0.5, 0.6) is 0 Å². The molecule has 0 amide bonds. The Bertz CT molecular complexity index is 1800. The molecule has 1 unspecified atom stereocenters. The van der Waals surface area contributed by atoms with E-state index in [2.05, 4.69) is 31.5 Å². The summed E-state index contributed by atoms with van der Waals surface area (Å²) in [5.74, 6) is 1.61. The van der Waals surface area contributed by atoms with Crippen molar-refractivity contribution in [1.29, 1.82) is 0 Å². The first-order chi connectivity index (χ1) is 19.5. The Morgan fingerprint density at radius 3 is 2.10 bits per heavy atom. The van der Waals surface area contributed by atoms with Crippen LogP contribution in [0.1, 0.15) is 28.6 Å². The van der Waals surface area contributed by atoms with Crippen LogP contribution >= 0.6 is 15.9 Å². The van der Waals surface area contributed by atoms with Crippen molar-refractivity contribution in [2.24, 2.45) is 0 Å². The average Bonchev–Trinajstić information content (AvgIpc) is 3.29. The van der Waals surface area contributed by atoms with Crippen LogP contribution in [0.25, 0.3) is 16.7 Å². The number of nitrogens with one attached hydrogen (secondary N) is 2. The van der Waals surface area contributed by atoms with Crippen molar-refractivity contribution in [1.82, 2.24) is 24.7 Å². The number of pyridine rings is 1. The molecule has 3 aromatic carbocycles. The smallest absolute Gasteiger partial charge is 0.175 e. The molecule has 0 aliphatic carbocycles. The quantitative estimate of drug-likeness (QED) is 0.181. The third-order valence-corrected chi connectivity index (χ3v) is 7.13. The van der Waals surface area contributed by atoms with Gasteiger partial charge >= 0.3 is 0 Å². The van der Waals surface area contributed by atoms with Crippen molar-refractivity contribution in [3.05, 3.63) is 124 Å². The first-order valence-electron chi connectivity index (χ1n) is 12.8. The summed E-state index contributed by atoms with van der Waals surface area (Å²) in [4.78, 5) is 14.2. The molecule has 3 heterocycles. The van der Waals surface area contributed by atoms with Crippen molar-refractivity contribution in [2.45, 2.75) is 20.0 Å². The fourth-order valence-electron chi connectivity index (χ4n) is 4.60. The Kier molecular flexibility index (Phi) is 6.98. The monoisotopic (exact) mass is 591 g/mol. The van der Waals surface area contributed by atoms with Crippen LogP contribution in [0.4, 0.5) is 23.1 Å². The molecule has 6 rings (SSSR count). The summed E-state index contributed by atoms with van der Waals surface area (Å²) in [5.41, 5.74) is 6.05. The van der Waals surface area contributed by atoms with Gasteiger partial charge in [-0.1, -0.05) is 52.3 Å². The number of hydrogen-bond acceptors (Lipinski definition) is 7. The normalized spacial score (nSPS) is 11.9. The van der Waals surface area contributed by atoms with Crippen LogP contribution < -0.4 is 10.6 Å². The number of aromatic nitrogens is 5. The molecule has 0 spiro atoms. The minimum absolute atomic E-state index is 0.492. The van der Waals surface area contributed by atoms with Gasteiger partial charge in [0.25, 0.3) is 0 Å². The van der Waals surface area contributed by atoms with Gasteiger partial charge in [-0.05, 0) is 74.0 Å². The first kappa shape index (κ1) is 25.7. The third-order valence-electron chi connectivity index (χ3n) is 6.61. The third kappa shape index (κ3) is 5.04. The molecule has 8 nitrogen and oxygen atoms in total. The maximum Gasteiger partial charge on any atom is 0.175 e. The molecule has 0 saturated carbocycles. The van der Waals surface area contributed by atoms with Crippen LogP contribution in [0.15, 0.2) is 102 Å². The van der Waals surface area contributed by atoms with Crippen LogP contribution in [0, 0.1) is 13.8 Å². The van der Waals surface area contributed by atoms with E-state index in [4.69, 9.17) is 15.1 Å². The van der Waals surface area contributed by atoms with E-state index < -0.39 is 6.10 Å². The summed E-state index contributed by atoms with van der Waals surface area (Å²) >= 11 is 3.49. The van der Waals surface area contributed by atoms with Gasteiger partial charge in [0.2, 0.25) is 0 Å². The molecule has 40 heavy (non-hydrogen) atoms. The topological polar surface area (TPSA) is 101 Å². The maximum atomic E-state index is 11.6. The first-order valence-corrected chi connectivity index (χ1v) is 13.6. The lowest BCUT2D eigenvalue weighted by atomic mass is 10.1. The minimum Gasteiger partial charge on any atom is -0.382 e. The Labute approximate surface area is 239 Å². The maximum absolute atomic E-state index is 11.6. The highest BCUT2D eigenvalue weighted by molar-refractivity contribution is 9.10. The number of hydrogen-bond donors (Lipinski definition) is 3. The molecule has 0 aliphatic rings. The number of halogens is 1. The van der Waals surface area contributed by atoms with Crippen molar-refractivity contribution >= 4 is 50.1 Å². The molecule has 0 fully saturated rings. The molecule has 9 heteroatoms. The molecular formula is C31H26BrN7O. The molecule has 3 aromatic heterocycles. The van der Waals surface area contributed by atoms with E-state index in [1.54, 1.807) is 12.3 Å². The van der Waals surface area contributed by atoms with Gasteiger partial charge in [0.15, 0.2) is 11.6 Å². The number of nitrogens with zero attached hydrogens (tertiary/aromatic N) is 5. The molecule has 0 bridgehead atoms. The van der Waals surface area contributed by atoms with Gasteiger partial charge in [0.1, 0.15) is 11.9 Å². The Morgan fingerprint density at radius 1 is 0.775 bits per heavy atom. The summed E-state index contributed by atoms with van der Waals surface area (Å²) in [6, 6.07) is 29.0. The van der Waals surface area contributed by atoms with Gasteiger partial charge in [-0.15, -0.1) is 0 Å². The number of aliphatic hydroxyl groups excluding tert-OH is 1. The summed E-state index contributed by atoms with van der Waals surface area (Å²) in [6.45, 7) is 3.91. The molecule has 198 valence electrons. The van der Waals surface area contributed by atoms with E-state index in [1.165, 1.54) is 0 Å². The van der Waals surface area contributed by atoms with Gasteiger partial charge < -0.3 is 15.7 Å². The van der Waals surface area contributed by atoms with Crippen molar-refractivity contribution in [3.8, 4) is 5.69 Å². The highest BCUT2D eigenvalue weighted by Gasteiger charge is 2.26. The zero-order valence-electron chi connectivity index (χ0n) is 21.9. The van der Waals surface area contributed by atoms with Crippen molar-refractivity contribution in [3.63, 3.8) is 0 Å². The van der Waals surface area contributed by atoms with E-state index >= 15 is 0 Å². The molecule has 0 saturated heterocycles. The van der Waals surface area contributed by atoms with E-state index in [1.807, 2.05) is 103 Å². The number of anilines is 4. The number of benzene rings is 3. The highest BCUT2D eigenvalue weighted by Crippen LogP contribution is 2.36. The second-order valence-corrected chi connectivity index (χ2v) is 10.3. The largest absolute Gasteiger partial charge is 0.382 e. The number of aliphatic hydroxyl groups is 1. The zero-order valence-corrected chi connectivity index (χ0v) is 23.5. The summed E-state index contributed by atoms with van der Waals surface area (Å²) in [7, 11) is 0. The average molecular weight is 593 g/mol. The van der Waals surface area contributed by atoms with Crippen LogP contribution in [-0.2, 0) is 0 Å². The van der Waals surface area contributed by atoms with Crippen LogP contribution in [0.3, 0.4) is 0 Å². The minimum atomic E-state index is -1.02. The second kappa shape index (κ2) is 10.9. The van der Waals surface area contributed by atoms with Crippen LogP contribution in [-0.4, -0.2) is 29.8 Å². The molecule has 0 aliphatic heterocycles. The Morgan fingerprint density at radius 2 is 1.43 bits per heavy atom. The van der Waals surface area contributed by atoms with Crippen LogP contribution in [0.2, 0.25) is 0 Å². The molecule has 0 radical (unpaired) electrons. The van der Waals surface area contributed by atoms with E-state index in [9.17, 15) is 5.11 Å². The molecular weight excluding hydrogens is 566 g/mol. The Hall–Kier alpha value is -4.60. The summed E-state index contributed by atoms with van der Waals surface area (Å²) in [5, 5.41) is 23.3. The lowest BCUT2D eigenvalue weighted by molar-refractivity contribution is 0.215. The summed E-state index contributed by atoms with van der Waals surface area (Å²) in [6.07, 6.45) is 0.652. The number of rotatable bonds is 7. The predicted octanol–water partition coefficient (Wildman–Crippen LogP) is 7.16. The number of aryl methyl sites for hydroxylation is 2. The second-order valence-electron chi connectivity index (χ2n) is 9.37. The lowest BCUT2D eigenvalue weighted by Gasteiger charge is -2.18. The van der Waals surface area contributed by atoms with Crippen molar-refractivity contribution < 1.29 is 5.11 Å². The van der Waals surface area contributed by atoms with E-state index in [-0.39, 0.29) is 0 Å². The standard InChI is InChI=1S/C31H26BrN7O/c1-19-9-3-6-13-26(19)39-31(27(20(2)38-39)28(40)25-12-7-8-18-33-25)37-30-29(34-22-16-14-21(32)15-17-22)35-23-10-4-5-11-24(23)36-30/h3-18,28,40H,1-2H3,(H,34,35)(H,36,37). The van der Waals surface area contributed by atoms with Gasteiger partial charge in [-0.25, -0.2) is 14.6 Å². The van der Waals surface area contributed by atoms with Gasteiger partial charge in [-0.2, -0.15) is 5.10 Å². The molecule has 1 atom stereocenters. The SMILES string of the molecule is Cc1ccccc1-n1nc(C)c(C(O)c2ccccn2)c1Nc1nc2ccccc2nc1Nc1ccc(Br)cc1. The van der Waals surface area contributed by atoms with E-state index in [0.29, 0.717) is 34.4 Å². The van der Waals surface area contributed by atoms with Gasteiger partial charge in [0.05, 0.1) is 33.7 Å². The fourth-order valence-corrected chi connectivity index (χ4v) is 4.87. The van der Waals surface area contributed by atoms with Gasteiger partial charge in [-0.3, -0.25) is 4.98 Å². The molecule has 6 aromatic rings. The molecule has 3 N–H and O–H groups in total. The lowest BCUT2D eigenvalue weighted by Crippen LogP contribution is -2.11. The fraction of sp³-hybridized carbons (Fsp3) is 0.0968. The number of fused-ring (bicyclic) bond motifs is 1. The zero-order chi connectivity index (χ0) is 27.6. The van der Waals surface area contributed by atoms with Gasteiger partial charge in [0, 0.05) is 16.4 Å². The van der Waals surface area contributed by atoms with Crippen molar-refractivity contribution in [2.75, 3.05) is 10.6 Å². The summed E-state index contributed by atoms with van der Waals surface area (Å²) < 4.78 is 2.79. The van der Waals surface area contributed by atoms with E-state index in [0.717, 1.165) is 32.4 Å². The Balaban J connectivity index is 1.53. The number of para-hydroxylation sites is 3. The highest BCUT2D eigenvalue weighted by atomic mass is 79.9.